The second-order valence-electron chi connectivity index (χ2n) is 7.06. The number of amides is 1. The van der Waals surface area contributed by atoms with Crippen molar-refractivity contribution in [3.05, 3.63) is 75.2 Å². The van der Waals surface area contributed by atoms with Gasteiger partial charge in [0.1, 0.15) is 24.0 Å². The number of carbonyl (C=O) groups is 2. The van der Waals surface area contributed by atoms with Crippen LogP contribution in [-0.2, 0) is 22.7 Å². The molecule has 1 heterocycles. The third-order valence-corrected chi connectivity index (χ3v) is 6.24. The lowest BCUT2D eigenvalue weighted by molar-refractivity contribution is -0.119. The van der Waals surface area contributed by atoms with Crippen molar-refractivity contribution in [2.24, 2.45) is 0 Å². The van der Waals surface area contributed by atoms with E-state index in [4.69, 9.17) is 21.1 Å². The fourth-order valence-corrected chi connectivity index (χ4v) is 4.31. The van der Waals surface area contributed by atoms with E-state index in [1.165, 1.54) is 23.1 Å². The molecule has 0 saturated carbocycles. The van der Waals surface area contributed by atoms with Crippen LogP contribution in [0.4, 0.5) is 0 Å². The maximum atomic E-state index is 12.6. The number of nitrogens with zero attached hydrogens (tertiary/aromatic N) is 1. The molecular weight excluding hydrogens is 468 g/mol. The van der Waals surface area contributed by atoms with Gasteiger partial charge in [0.05, 0.1) is 17.0 Å². The van der Waals surface area contributed by atoms with Crippen LogP contribution >= 0.6 is 34.7 Å². The highest BCUT2D eigenvalue weighted by Gasteiger charge is 2.15. The molecule has 0 aliphatic heterocycles. The molecule has 0 fully saturated rings. The number of ether oxygens (including phenoxy) is 2. The van der Waals surface area contributed by atoms with E-state index < -0.39 is 5.97 Å². The largest absolute Gasteiger partial charge is 0.486 e. The van der Waals surface area contributed by atoms with E-state index >= 15 is 0 Å². The summed E-state index contributed by atoms with van der Waals surface area (Å²) in [5.74, 6) is 0.396. The fraction of sp³-hybridized carbons (Fsp3) is 0.261. The van der Waals surface area contributed by atoms with Crippen LogP contribution in [0.3, 0.4) is 0 Å². The van der Waals surface area contributed by atoms with Gasteiger partial charge in [0, 0.05) is 21.3 Å². The Balaban J connectivity index is 1.51. The summed E-state index contributed by atoms with van der Waals surface area (Å²) >= 11 is 8.61. The van der Waals surface area contributed by atoms with Gasteiger partial charge in [-0.05, 0) is 50.2 Å². The van der Waals surface area contributed by atoms with Gasteiger partial charge in [-0.25, -0.2) is 9.78 Å². The van der Waals surface area contributed by atoms with Crippen LogP contribution in [0.2, 0.25) is 5.02 Å². The number of nitrogens with one attached hydrogen (secondary N) is 1. The number of benzene rings is 2. The van der Waals surface area contributed by atoms with Crippen molar-refractivity contribution in [2.45, 2.75) is 38.0 Å². The molecule has 0 spiro atoms. The van der Waals surface area contributed by atoms with Crippen molar-refractivity contribution in [3.63, 3.8) is 0 Å². The predicted octanol–water partition coefficient (Wildman–Crippen LogP) is 5.35. The lowest BCUT2D eigenvalue weighted by Crippen LogP contribution is -2.31. The first kappa shape index (κ1) is 24.1. The Morgan fingerprint density at radius 3 is 2.62 bits per heavy atom. The van der Waals surface area contributed by atoms with Gasteiger partial charge in [0.15, 0.2) is 0 Å². The molecule has 0 radical (unpaired) electrons. The number of esters is 1. The van der Waals surface area contributed by atoms with Crippen molar-refractivity contribution in [3.8, 4) is 5.75 Å². The smallest absolute Gasteiger partial charge is 0.339 e. The number of carbonyl (C=O) groups excluding carboxylic acids is 2. The number of aromatic nitrogens is 1. The first-order chi connectivity index (χ1) is 15.4. The lowest BCUT2D eigenvalue weighted by Gasteiger charge is -2.10. The molecule has 0 aliphatic rings. The molecule has 2 aromatic carbocycles. The molecule has 3 rings (SSSR count). The predicted molar refractivity (Wildman–Crippen MR) is 127 cm³/mol. The zero-order valence-corrected chi connectivity index (χ0v) is 20.1. The zero-order chi connectivity index (χ0) is 22.9. The van der Waals surface area contributed by atoms with Crippen molar-refractivity contribution in [2.75, 3.05) is 5.75 Å². The molecule has 1 aromatic heterocycles. The molecule has 9 heteroatoms. The van der Waals surface area contributed by atoms with E-state index in [9.17, 15) is 9.59 Å². The molecule has 0 unspecified atom stereocenters. The van der Waals surface area contributed by atoms with E-state index in [0.717, 1.165) is 5.01 Å². The number of hydrogen-bond donors (Lipinski definition) is 1. The average Bonchev–Trinajstić information content (AvgIpc) is 3.23. The maximum absolute atomic E-state index is 12.6. The van der Waals surface area contributed by atoms with Crippen molar-refractivity contribution < 1.29 is 19.1 Å². The monoisotopic (exact) mass is 490 g/mol. The first-order valence-electron chi connectivity index (χ1n) is 9.90. The molecule has 32 heavy (non-hydrogen) atoms. The Bertz CT molecular complexity index is 1050. The van der Waals surface area contributed by atoms with Crippen LogP contribution in [0.5, 0.6) is 5.75 Å². The Labute approximate surface area is 200 Å². The highest BCUT2D eigenvalue weighted by molar-refractivity contribution is 8.00. The van der Waals surface area contributed by atoms with Crippen LogP contribution in [0.25, 0.3) is 0 Å². The van der Waals surface area contributed by atoms with Gasteiger partial charge in [0.2, 0.25) is 5.91 Å². The van der Waals surface area contributed by atoms with Crippen molar-refractivity contribution in [1.82, 2.24) is 10.3 Å². The Hall–Kier alpha value is -2.55. The number of thioether (sulfide) groups is 1. The molecule has 6 nitrogen and oxygen atoms in total. The second-order valence-corrected chi connectivity index (χ2v) is 9.45. The molecule has 0 atom stereocenters. The second kappa shape index (κ2) is 11.9. The summed E-state index contributed by atoms with van der Waals surface area (Å²) in [5.41, 5.74) is 1.08. The third kappa shape index (κ3) is 7.55. The highest BCUT2D eigenvalue weighted by Crippen LogP contribution is 2.24. The van der Waals surface area contributed by atoms with Crippen molar-refractivity contribution >= 4 is 46.6 Å². The molecule has 0 bridgehead atoms. The zero-order valence-electron chi connectivity index (χ0n) is 17.7. The number of rotatable bonds is 10. The van der Waals surface area contributed by atoms with E-state index in [2.05, 4.69) is 10.3 Å². The standard InChI is InChI=1S/C23H23ClN2O4S2/c1-15(2)25-21(27)14-31-20-6-4-3-5-19(20)23(28)30-11-17-13-32-22(26-17)12-29-18-9-7-16(24)8-10-18/h3-10,13,15H,11-12,14H2,1-2H3,(H,25,27). The minimum Gasteiger partial charge on any atom is -0.486 e. The van der Waals surface area contributed by atoms with E-state index in [1.54, 1.807) is 42.5 Å². The minimum atomic E-state index is -0.454. The van der Waals surface area contributed by atoms with Gasteiger partial charge in [-0.2, -0.15) is 0 Å². The van der Waals surface area contributed by atoms with Crippen LogP contribution in [0.1, 0.15) is 34.9 Å². The van der Waals surface area contributed by atoms with Crippen LogP contribution < -0.4 is 10.1 Å². The SMILES string of the molecule is CC(C)NC(=O)CSc1ccccc1C(=O)OCc1csc(COc2ccc(Cl)cc2)n1. The lowest BCUT2D eigenvalue weighted by atomic mass is 10.2. The summed E-state index contributed by atoms with van der Waals surface area (Å²) in [6.07, 6.45) is 0. The van der Waals surface area contributed by atoms with Crippen LogP contribution in [0, 0.1) is 0 Å². The quantitative estimate of drug-likeness (QED) is 0.305. The van der Waals surface area contributed by atoms with E-state index in [0.29, 0.717) is 33.5 Å². The maximum Gasteiger partial charge on any atom is 0.339 e. The summed E-state index contributed by atoms with van der Waals surface area (Å²) < 4.78 is 11.1. The summed E-state index contributed by atoms with van der Waals surface area (Å²) in [6, 6.07) is 14.3. The Kier molecular flexibility index (Phi) is 8.96. The molecule has 168 valence electrons. The molecular formula is C23H23ClN2O4S2. The van der Waals surface area contributed by atoms with Gasteiger partial charge in [0.25, 0.3) is 0 Å². The normalized spacial score (nSPS) is 10.8. The topological polar surface area (TPSA) is 77.5 Å². The summed E-state index contributed by atoms with van der Waals surface area (Å²) in [5, 5.41) is 6.10. The van der Waals surface area contributed by atoms with Gasteiger partial charge in [-0.3, -0.25) is 4.79 Å². The van der Waals surface area contributed by atoms with E-state index in [1.807, 2.05) is 25.3 Å². The number of halogens is 1. The Morgan fingerprint density at radius 1 is 1.12 bits per heavy atom. The first-order valence-corrected chi connectivity index (χ1v) is 12.1. The van der Waals surface area contributed by atoms with Gasteiger partial charge < -0.3 is 14.8 Å². The molecule has 1 amide bonds. The summed E-state index contributed by atoms with van der Waals surface area (Å²) in [6.45, 7) is 4.18. The highest BCUT2D eigenvalue weighted by atomic mass is 35.5. The minimum absolute atomic E-state index is 0.0586. The summed E-state index contributed by atoms with van der Waals surface area (Å²) in [7, 11) is 0. The molecule has 3 aromatic rings. The molecule has 0 aliphatic carbocycles. The van der Waals surface area contributed by atoms with Crippen LogP contribution in [0.15, 0.2) is 58.8 Å². The van der Waals surface area contributed by atoms with E-state index in [-0.39, 0.29) is 24.3 Å². The summed E-state index contributed by atoms with van der Waals surface area (Å²) in [4.78, 5) is 29.7. The van der Waals surface area contributed by atoms with Crippen molar-refractivity contribution in [1.29, 1.82) is 0 Å². The van der Waals surface area contributed by atoms with Gasteiger partial charge >= 0.3 is 5.97 Å². The average molecular weight is 491 g/mol. The number of thiazole rings is 1. The van der Waals surface area contributed by atoms with Gasteiger partial charge in [-0.15, -0.1) is 23.1 Å². The fourth-order valence-electron chi connectivity index (χ4n) is 2.64. The molecule has 0 saturated heterocycles. The molecule has 1 N–H and O–H groups in total. The number of hydrogen-bond acceptors (Lipinski definition) is 7. The van der Waals surface area contributed by atoms with Crippen LogP contribution in [-0.4, -0.2) is 28.7 Å². The van der Waals surface area contributed by atoms with Gasteiger partial charge in [-0.1, -0.05) is 23.7 Å². The third-order valence-electron chi connectivity index (χ3n) is 4.04. The Morgan fingerprint density at radius 2 is 1.88 bits per heavy atom.